The molecule has 14 nitrogen and oxygen atoms in total. The first-order valence-electron chi connectivity index (χ1n) is 10.2. The fourth-order valence-corrected chi connectivity index (χ4v) is 7.08. The number of nitrogens with one attached hydrogen (secondary N) is 3. The molecule has 0 amide bonds. The molecule has 0 radical (unpaired) electrons. The Morgan fingerprint density at radius 3 is 2.73 bits per heavy atom. The second-order valence-corrected chi connectivity index (χ2v) is 11.0. The second-order valence-electron chi connectivity index (χ2n) is 7.84. The van der Waals surface area contributed by atoms with Crippen LogP contribution in [0.15, 0.2) is 34.3 Å². The third kappa shape index (κ3) is 4.10. The molecule has 0 bridgehead atoms. The average Bonchev–Trinajstić information content (AvgIpc) is 3.53. The van der Waals surface area contributed by atoms with E-state index in [1.807, 2.05) is 15.7 Å². The Balaban J connectivity index is 1.69. The Hall–Kier alpha value is -2.92. The van der Waals surface area contributed by atoms with Gasteiger partial charge >= 0.3 is 0 Å². The van der Waals surface area contributed by atoms with Crippen molar-refractivity contribution in [3.8, 4) is 11.4 Å². The first kappa shape index (κ1) is 21.9. The molecule has 3 aromatic rings. The molecule has 1 fully saturated rings. The van der Waals surface area contributed by atoms with E-state index in [1.54, 1.807) is 12.3 Å². The summed E-state index contributed by atoms with van der Waals surface area (Å²) in [7, 11) is -8.75. The largest absolute Gasteiger partial charge is 0.362 e. The van der Waals surface area contributed by atoms with Gasteiger partial charge in [0.05, 0.1) is 12.1 Å². The molecule has 4 heterocycles. The molecule has 1 atom stereocenters. The van der Waals surface area contributed by atoms with Crippen molar-refractivity contribution in [1.29, 1.82) is 0 Å². The monoisotopic (exact) mass is 494 g/mol. The summed E-state index contributed by atoms with van der Waals surface area (Å²) in [6.07, 6.45) is 4.13. The molecular formula is C17H22N10O4S2. The SMILES string of the molecule is NS(=O)(=O)c1c(S(=O)(=O)N[C@@H]2CCNC2)ccc(N2CCn3ccnc3C2)c1-c1nn[nH]n1. The van der Waals surface area contributed by atoms with Crippen molar-refractivity contribution in [1.82, 2.24) is 40.2 Å². The van der Waals surface area contributed by atoms with Crippen molar-refractivity contribution in [3.63, 3.8) is 0 Å². The van der Waals surface area contributed by atoms with E-state index in [0.29, 0.717) is 44.8 Å². The first-order chi connectivity index (χ1) is 15.7. The van der Waals surface area contributed by atoms with Gasteiger partial charge in [0.25, 0.3) is 0 Å². The molecule has 1 saturated heterocycles. The van der Waals surface area contributed by atoms with Gasteiger partial charge in [-0.1, -0.05) is 0 Å². The predicted molar refractivity (Wildman–Crippen MR) is 116 cm³/mol. The van der Waals surface area contributed by atoms with E-state index in [9.17, 15) is 16.8 Å². The van der Waals surface area contributed by atoms with Crippen LogP contribution in [0.4, 0.5) is 5.69 Å². The normalized spacial score (nSPS) is 19.1. The molecule has 0 aliphatic carbocycles. The van der Waals surface area contributed by atoms with Crippen LogP contribution in [0, 0.1) is 0 Å². The molecule has 0 unspecified atom stereocenters. The van der Waals surface area contributed by atoms with E-state index in [4.69, 9.17) is 5.14 Å². The molecule has 2 aliphatic heterocycles. The van der Waals surface area contributed by atoms with E-state index in [1.165, 1.54) is 6.07 Å². The second kappa shape index (κ2) is 8.14. The summed E-state index contributed by atoms with van der Waals surface area (Å²) in [6, 6.07) is 2.43. The number of rotatable bonds is 6. The van der Waals surface area contributed by atoms with E-state index in [2.05, 4.69) is 35.6 Å². The summed E-state index contributed by atoms with van der Waals surface area (Å²) in [5.74, 6) is 0.701. The molecule has 0 spiro atoms. The molecule has 5 N–H and O–H groups in total. The number of imidazole rings is 1. The minimum atomic E-state index is -4.52. The van der Waals surface area contributed by atoms with Crippen molar-refractivity contribution in [2.24, 2.45) is 5.14 Å². The Morgan fingerprint density at radius 2 is 2.03 bits per heavy atom. The van der Waals surface area contributed by atoms with Crippen molar-refractivity contribution in [3.05, 3.63) is 30.4 Å². The zero-order chi connectivity index (χ0) is 23.2. The molecule has 176 valence electrons. The smallest absolute Gasteiger partial charge is 0.242 e. The number of tetrazole rings is 1. The third-order valence-electron chi connectivity index (χ3n) is 5.71. The number of aromatic nitrogens is 6. The number of H-pyrrole nitrogens is 1. The lowest BCUT2D eigenvalue weighted by Crippen LogP contribution is -2.38. The molecule has 2 aromatic heterocycles. The maximum atomic E-state index is 13.2. The van der Waals surface area contributed by atoms with Gasteiger partial charge in [0.2, 0.25) is 25.9 Å². The quantitative estimate of drug-likeness (QED) is 0.309. The Bertz CT molecular complexity index is 1380. The molecular weight excluding hydrogens is 472 g/mol. The number of nitrogens with zero attached hydrogens (tertiary/aromatic N) is 6. The Kier molecular flexibility index (Phi) is 5.40. The number of fused-ring (bicyclic) bond motifs is 1. The standard InChI is InChI=1S/C17H22N10O4S2/c18-32(28,29)16-13(33(30,31)23-11-3-4-19-9-11)2-1-12(15(16)17-21-24-25-22-17)27-8-7-26-6-5-20-14(26)10-27/h1-2,5-6,11,19,23H,3-4,7-10H2,(H2,18,28,29)(H,21,22,24,25)/t11-/m1/s1. The van der Waals surface area contributed by atoms with Gasteiger partial charge in [0.1, 0.15) is 15.6 Å². The number of primary sulfonamides is 1. The van der Waals surface area contributed by atoms with Crippen LogP contribution in [0.5, 0.6) is 0 Å². The van der Waals surface area contributed by atoms with Crippen LogP contribution in [-0.4, -0.2) is 72.7 Å². The minimum absolute atomic E-state index is 0.0290. The number of anilines is 1. The van der Waals surface area contributed by atoms with Gasteiger partial charge in [-0.2, -0.15) is 5.21 Å². The Labute approximate surface area is 189 Å². The summed E-state index contributed by atoms with van der Waals surface area (Å²) >= 11 is 0. The number of nitrogens with two attached hydrogens (primary N) is 1. The van der Waals surface area contributed by atoms with Gasteiger partial charge in [0, 0.05) is 43.8 Å². The number of hydrogen-bond acceptors (Lipinski definition) is 10. The molecule has 0 saturated carbocycles. The van der Waals surface area contributed by atoms with Crippen LogP contribution in [0.25, 0.3) is 11.4 Å². The summed E-state index contributed by atoms with van der Waals surface area (Å²) in [6.45, 7) is 2.62. The van der Waals surface area contributed by atoms with E-state index in [0.717, 1.165) is 5.82 Å². The Morgan fingerprint density at radius 1 is 1.18 bits per heavy atom. The third-order valence-corrected chi connectivity index (χ3v) is 8.40. The fourth-order valence-electron chi connectivity index (χ4n) is 4.21. The number of aromatic amines is 1. The minimum Gasteiger partial charge on any atom is -0.362 e. The molecule has 2 aliphatic rings. The van der Waals surface area contributed by atoms with Crippen molar-refractivity contribution < 1.29 is 16.8 Å². The summed E-state index contributed by atoms with van der Waals surface area (Å²) < 4.78 is 56.6. The number of sulfonamides is 2. The van der Waals surface area contributed by atoms with Gasteiger partial charge < -0.3 is 14.8 Å². The summed E-state index contributed by atoms with van der Waals surface area (Å²) in [5.41, 5.74) is 0.384. The maximum Gasteiger partial charge on any atom is 0.242 e. The highest BCUT2D eigenvalue weighted by molar-refractivity contribution is 7.92. The van der Waals surface area contributed by atoms with Crippen LogP contribution < -0.4 is 20.1 Å². The molecule has 16 heteroatoms. The van der Waals surface area contributed by atoms with Gasteiger partial charge in [-0.3, -0.25) is 0 Å². The van der Waals surface area contributed by atoms with Crippen LogP contribution in [0.3, 0.4) is 0 Å². The van der Waals surface area contributed by atoms with Gasteiger partial charge in [-0.05, 0) is 30.3 Å². The predicted octanol–water partition coefficient (Wildman–Crippen LogP) is -1.63. The lowest BCUT2D eigenvalue weighted by atomic mass is 10.1. The number of hydrogen-bond donors (Lipinski definition) is 4. The molecule has 33 heavy (non-hydrogen) atoms. The highest BCUT2D eigenvalue weighted by Gasteiger charge is 2.35. The summed E-state index contributed by atoms with van der Waals surface area (Å²) in [5, 5.41) is 22.3. The van der Waals surface area contributed by atoms with Crippen molar-refractivity contribution in [2.75, 3.05) is 24.5 Å². The van der Waals surface area contributed by atoms with Crippen LogP contribution in [0.2, 0.25) is 0 Å². The molecule has 5 rings (SSSR count). The molecule has 1 aromatic carbocycles. The van der Waals surface area contributed by atoms with Gasteiger partial charge in [-0.15, -0.1) is 10.2 Å². The van der Waals surface area contributed by atoms with Crippen molar-refractivity contribution in [2.45, 2.75) is 35.3 Å². The van der Waals surface area contributed by atoms with Crippen molar-refractivity contribution >= 4 is 25.7 Å². The van der Waals surface area contributed by atoms with E-state index in [-0.39, 0.29) is 17.4 Å². The highest BCUT2D eigenvalue weighted by atomic mass is 32.2. The van der Waals surface area contributed by atoms with Gasteiger partial charge in [0.15, 0.2) is 0 Å². The average molecular weight is 495 g/mol. The number of benzene rings is 1. The maximum absolute atomic E-state index is 13.2. The van der Waals surface area contributed by atoms with Gasteiger partial charge in [-0.25, -0.2) is 31.7 Å². The fraction of sp³-hybridized carbons (Fsp3) is 0.412. The topological polar surface area (TPSA) is 194 Å². The zero-order valence-electron chi connectivity index (χ0n) is 17.3. The summed E-state index contributed by atoms with van der Waals surface area (Å²) in [4.78, 5) is 5.17. The van der Waals surface area contributed by atoms with E-state index < -0.39 is 29.8 Å². The van der Waals surface area contributed by atoms with E-state index >= 15 is 0 Å². The van der Waals surface area contributed by atoms with Crippen LogP contribution in [0.1, 0.15) is 12.2 Å². The lowest BCUT2D eigenvalue weighted by molar-refractivity contribution is 0.553. The highest BCUT2D eigenvalue weighted by Crippen LogP contribution is 2.39. The lowest BCUT2D eigenvalue weighted by Gasteiger charge is -2.31. The zero-order valence-corrected chi connectivity index (χ0v) is 19.0. The van der Waals surface area contributed by atoms with Crippen LogP contribution >= 0.6 is 0 Å². The van der Waals surface area contributed by atoms with Crippen LogP contribution in [-0.2, 0) is 33.1 Å². The first-order valence-corrected chi connectivity index (χ1v) is 13.2.